The molecule has 20 heavy (non-hydrogen) atoms. The van der Waals surface area contributed by atoms with E-state index in [1.54, 1.807) is 32.4 Å². The van der Waals surface area contributed by atoms with E-state index in [1.807, 2.05) is 11.8 Å². The van der Waals surface area contributed by atoms with Crippen molar-refractivity contribution in [3.05, 3.63) is 23.8 Å². The highest BCUT2D eigenvalue weighted by atomic mass is 35.5. The highest BCUT2D eigenvalue weighted by molar-refractivity contribution is 5.97. The number of nitrogens with one attached hydrogen (secondary N) is 1. The molecule has 0 radical (unpaired) electrons. The fraction of sp³-hybridized carbons (Fsp3) is 0.500. The van der Waals surface area contributed by atoms with Gasteiger partial charge in [0.05, 0.1) is 19.8 Å². The number of piperazine rings is 1. The van der Waals surface area contributed by atoms with Crippen LogP contribution in [0.25, 0.3) is 0 Å². The summed E-state index contributed by atoms with van der Waals surface area (Å²) in [6.07, 6.45) is 0. The lowest BCUT2D eigenvalue weighted by molar-refractivity contribution is 0.0652. The van der Waals surface area contributed by atoms with Crippen LogP contribution in [-0.2, 0) is 0 Å². The third-order valence-electron chi connectivity index (χ3n) is 3.40. The van der Waals surface area contributed by atoms with E-state index in [9.17, 15) is 4.79 Å². The summed E-state index contributed by atoms with van der Waals surface area (Å²) in [5.41, 5.74) is 0.551. The van der Waals surface area contributed by atoms with Crippen LogP contribution in [0.15, 0.2) is 18.2 Å². The molecule has 1 fully saturated rings. The van der Waals surface area contributed by atoms with Gasteiger partial charge in [-0.25, -0.2) is 0 Å². The van der Waals surface area contributed by atoms with Gasteiger partial charge in [-0.15, -0.1) is 12.4 Å². The van der Waals surface area contributed by atoms with Crippen LogP contribution in [0.4, 0.5) is 0 Å². The van der Waals surface area contributed by atoms with Crippen LogP contribution >= 0.6 is 12.4 Å². The molecule has 112 valence electrons. The summed E-state index contributed by atoms with van der Waals surface area (Å²) < 4.78 is 10.5. The molecule has 0 aromatic heterocycles. The van der Waals surface area contributed by atoms with Crippen molar-refractivity contribution in [2.75, 3.05) is 33.9 Å². The molecule has 1 aromatic rings. The van der Waals surface area contributed by atoms with Gasteiger partial charge < -0.3 is 19.7 Å². The molecule has 1 aliphatic heterocycles. The van der Waals surface area contributed by atoms with Crippen molar-refractivity contribution < 1.29 is 14.3 Å². The van der Waals surface area contributed by atoms with Crippen LogP contribution in [0.3, 0.4) is 0 Å². The Morgan fingerprint density at radius 2 is 2.10 bits per heavy atom. The number of carbonyl (C=O) groups excluding carboxylic acids is 1. The molecule has 1 aliphatic rings. The van der Waals surface area contributed by atoms with Crippen LogP contribution in [0.1, 0.15) is 17.3 Å². The third kappa shape index (κ3) is 3.35. The van der Waals surface area contributed by atoms with Crippen molar-refractivity contribution in [1.29, 1.82) is 0 Å². The molecule has 1 atom stereocenters. The first-order chi connectivity index (χ1) is 9.17. The summed E-state index contributed by atoms with van der Waals surface area (Å²) in [5, 5.41) is 3.27. The second-order valence-electron chi connectivity index (χ2n) is 4.62. The average molecular weight is 301 g/mol. The maximum atomic E-state index is 12.6. The quantitative estimate of drug-likeness (QED) is 0.920. The van der Waals surface area contributed by atoms with Crippen LogP contribution < -0.4 is 14.8 Å². The Kier molecular flexibility index (Phi) is 6.10. The lowest BCUT2D eigenvalue weighted by Crippen LogP contribution is -2.52. The fourth-order valence-electron chi connectivity index (χ4n) is 2.28. The highest BCUT2D eigenvalue weighted by Gasteiger charge is 2.26. The standard InChI is InChI=1S/C14H20N2O3.ClH/c1-10-9-15-6-7-16(10)14(17)12-8-11(18-2)4-5-13(12)19-3;/h4-5,8,10,15H,6-7,9H2,1-3H3;1H/t10-;/m1./s1. The zero-order valence-corrected chi connectivity index (χ0v) is 12.8. The number of rotatable bonds is 3. The van der Waals surface area contributed by atoms with Crippen LogP contribution in [0.5, 0.6) is 11.5 Å². The molecule has 0 unspecified atom stereocenters. The van der Waals surface area contributed by atoms with Gasteiger partial charge in [0.1, 0.15) is 11.5 Å². The van der Waals surface area contributed by atoms with Gasteiger partial charge in [0, 0.05) is 25.7 Å². The third-order valence-corrected chi connectivity index (χ3v) is 3.40. The Morgan fingerprint density at radius 3 is 2.70 bits per heavy atom. The lowest BCUT2D eigenvalue weighted by atomic mass is 10.1. The maximum absolute atomic E-state index is 12.6. The number of carbonyl (C=O) groups is 1. The van der Waals surface area contributed by atoms with Crippen LogP contribution in [0.2, 0.25) is 0 Å². The van der Waals surface area contributed by atoms with E-state index >= 15 is 0 Å². The molecule has 0 bridgehead atoms. The van der Waals surface area contributed by atoms with Crippen molar-refractivity contribution in [3.63, 3.8) is 0 Å². The molecule has 2 rings (SSSR count). The molecule has 6 heteroatoms. The number of methoxy groups -OCH3 is 2. The summed E-state index contributed by atoms with van der Waals surface area (Å²) in [7, 11) is 3.16. The summed E-state index contributed by atoms with van der Waals surface area (Å²) in [5.74, 6) is 1.23. The lowest BCUT2D eigenvalue weighted by Gasteiger charge is -2.34. The first kappa shape index (κ1) is 16.6. The van der Waals surface area contributed by atoms with Gasteiger partial charge in [0.15, 0.2) is 0 Å². The zero-order chi connectivity index (χ0) is 13.8. The second-order valence-corrected chi connectivity index (χ2v) is 4.62. The van der Waals surface area contributed by atoms with Gasteiger partial charge in [-0.3, -0.25) is 4.79 Å². The Morgan fingerprint density at radius 1 is 1.35 bits per heavy atom. The molecular formula is C14H21ClN2O3. The fourth-order valence-corrected chi connectivity index (χ4v) is 2.28. The van der Waals surface area contributed by atoms with Gasteiger partial charge in [0.25, 0.3) is 5.91 Å². The van der Waals surface area contributed by atoms with Gasteiger partial charge in [-0.05, 0) is 25.1 Å². The van der Waals surface area contributed by atoms with Crippen molar-refractivity contribution >= 4 is 18.3 Å². The van der Waals surface area contributed by atoms with Gasteiger partial charge in [-0.2, -0.15) is 0 Å². The number of hydrogen-bond donors (Lipinski definition) is 1. The molecule has 1 saturated heterocycles. The van der Waals surface area contributed by atoms with Crippen molar-refractivity contribution in [1.82, 2.24) is 10.2 Å². The molecule has 1 amide bonds. The molecule has 0 spiro atoms. The minimum atomic E-state index is -0.00949. The minimum Gasteiger partial charge on any atom is -0.497 e. The van der Waals surface area contributed by atoms with E-state index in [2.05, 4.69) is 5.32 Å². The number of hydrogen-bond acceptors (Lipinski definition) is 4. The van der Waals surface area contributed by atoms with Gasteiger partial charge in [-0.1, -0.05) is 0 Å². The van der Waals surface area contributed by atoms with Gasteiger partial charge in [0.2, 0.25) is 0 Å². The van der Waals surface area contributed by atoms with E-state index in [4.69, 9.17) is 9.47 Å². The Balaban J connectivity index is 0.00000200. The van der Waals surface area contributed by atoms with Crippen molar-refractivity contribution in [3.8, 4) is 11.5 Å². The number of nitrogens with zero attached hydrogens (tertiary/aromatic N) is 1. The minimum absolute atomic E-state index is 0. The average Bonchev–Trinajstić information content (AvgIpc) is 2.46. The van der Waals surface area contributed by atoms with E-state index in [-0.39, 0.29) is 24.4 Å². The van der Waals surface area contributed by atoms with Crippen molar-refractivity contribution in [2.45, 2.75) is 13.0 Å². The predicted molar refractivity (Wildman–Crippen MR) is 80.2 cm³/mol. The maximum Gasteiger partial charge on any atom is 0.258 e. The second kappa shape index (κ2) is 7.36. The summed E-state index contributed by atoms with van der Waals surface area (Å²) in [6.45, 7) is 4.39. The van der Waals surface area contributed by atoms with E-state index in [1.165, 1.54) is 0 Å². The smallest absolute Gasteiger partial charge is 0.258 e. The number of benzene rings is 1. The summed E-state index contributed by atoms with van der Waals surface area (Å²) in [6, 6.07) is 5.46. The first-order valence-electron chi connectivity index (χ1n) is 6.41. The summed E-state index contributed by atoms with van der Waals surface area (Å²) >= 11 is 0. The van der Waals surface area contributed by atoms with Crippen LogP contribution in [-0.4, -0.2) is 50.7 Å². The normalized spacial score (nSPS) is 18.1. The van der Waals surface area contributed by atoms with E-state index in [0.717, 1.165) is 13.1 Å². The largest absolute Gasteiger partial charge is 0.497 e. The Bertz CT molecular complexity index is 468. The molecule has 5 nitrogen and oxygen atoms in total. The van der Waals surface area contributed by atoms with E-state index < -0.39 is 0 Å². The molecule has 1 aromatic carbocycles. The molecule has 1 N–H and O–H groups in total. The molecule has 1 heterocycles. The van der Waals surface area contributed by atoms with Gasteiger partial charge >= 0.3 is 0 Å². The number of amides is 1. The Hall–Kier alpha value is -1.46. The SMILES string of the molecule is COc1ccc(OC)c(C(=O)N2CCNC[C@H]2C)c1.Cl. The summed E-state index contributed by atoms with van der Waals surface area (Å²) in [4.78, 5) is 14.5. The van der Waals surface area contributed by atoms with Crippen molar-refractivity contribution in [2.24, 2.45) is 0 Å². The molecular weight excluding hydrogens is 280 g/mol. The topological polar surface area (TPSA) is 50.8 Å². The Labute approximate surface area is 125 Å². The molecule has 0 saturated carbocycles. The predicted octanol–water partition coefficient (Wildman–Crippen LogP) is 1.56. The monoisotopic (exact) mass is 300 g/mol. The molecule has 0 aliphatic carbocycles. The zero-order valence-electron chi connectivity index (χ0n) is 12.0. The number of ether oxygens (including phenoxy) is 2. The van der Waals surface area contributed by atoms with E-state index in [0.29, 0.717) is 23.6 Å². The number of halogens is 1. The highest BCUT2D eigenvalue weighted by Crippen LogP contribution is 2.26. The first-order valence-corrected chi connectivity index (χ1v) is 6.41. The van der Waals surface area contributed by atoms with Crippen LogP contribution in [0, 0.1) is 0 Å².